The summed E-state index contributed by atoms with van der Waals surface area (Å²) in [5.74, 6) is -1.96. The number of aliphatic hydroxyl groups excluding tert-OH is 1. The van der Waals surface area contributed by atoms with E-state index in [1.165, 1.54) is 29.0 Å². The van der Waals surface area contributed by atoms with E-state index in [9.17, 15) is 23.1 Å². The largest absolute Gasteiger partial charge is 0.393 e. The van der Waals surface area contributed by atoms with Crippen LogP contribution in [-0.4, -0.2) is 70.1 Å². The first-order chi connectivity index (χ1) is 16.2. The lowest BCUT2D eigenvalue weighted by Gasteiger charge is -2.48. The Hall–Kier alpha value is -2.43. The summed E-state index contributed by atoms with van der Waals surface area (Å²) in [6, 6.07) is 8.13. The summed E-state index contributed by atoms with van der Waals surface area (Å²) in [7, 11) is 1.44. The van der Waals surface area contributed by atoms with Crippen LogP contribution in [0, 0.1) is 5.92 Å². The molecule has 1 aromatic heterocycles. The molecule has 0 saturated carbocycles. The van der Waals surface area contributed by atoms with Crippen LogP contribution >= 0.6 is 0 Å². The van der Waals surface area contributed by atoms with Crippen LogP contribution in [0.2, 0.25) is 0 Å². The highest BCUT2D eigenvalue weighted by Crippen LogP contribution is 2.40. The Morgan fingerprint density at radius 1 is 1.29 bits per heavy atom. The molecule has 0 aliphatic carbocycles. The van der Waals surface area contributed by atoms with Gasteiger partial charge in [0.25, 0.3) is 5.91 Å². The molecule has 0 bridgehead atoms. The summed E-state index contributed by atoms with van der Waals surface area (Å²) >= 11 is 0. The van der Waals surface area contributed by atoms with E-state index >= 15 is 0 Å². The number of imidazole rings is 1. The van der Waals surface area contributed by atoms with Crippen molar-refractivity contribution >= 4 is 5.91 Å². The molecule has 34 heavy (non-hydrogen) atoms. The highest BCUT2D eigenvalue weighted by atomic mass is 19.4. The number of rotatable bonds is 3. The number of fused-ring (bicyclic) bond motifs is 2. The van der Waals surface area contributed by atoms with Gasteiger partial charge in [0.2, 0.25) is 0 Å². The van der Waals surface area contributed by atoms with Crippen LogP contribution in [0.25, 0.3) is 0 Å². The molecule has 3 aliphatic heterocycles. The van der Waals surface area contributed by atoms with E-state index in [4.69, 9.17) is 4.74 Å². The summed E-state index contributed by atoms with van der Waals surface area (Å²) in [6.07, 6.45) is -2.53. The molecule has 7 nitrogen and oxygen atoms in total. The maximum absolute atomic E-state index is 13.4. The molecule has 1 amide bonds. The van der Waals surface area contributed by atoms with Crippen LogP contribution in [0.1, 0.15) is 46.2 Å². The zero-order valence-electron chi connectivity index (χ0n) is 19.0. The normalized spacial score (nSPS) is 29.1. The van der Waals surface area contributed by atoms with E-state index in [0.717, 1.165) is 0 Å². The maximum atomic E-state index is 13.4. The molecule has 4 atom stereocenters. The van der Waals surface area contributed by atoms with Gasteiger partial charge in [0.1, 0.15) is 11.5 Å². The summed E-state index contributed by atoms with van der Waals surface area (Å²) in [5, 5.41) is 14.5. The van der Waals surface area contributed by atoms with E-state index in [1.54, 1.807) is 4.90 Å². The van der Waals surface area contributed by atoms with Gasteiger partial charge in [-0.1, -0.05) is 24.3 Å². The van der Waals surface area contributed by atoms with Gasteiger partial charge < -0.3 is 24.6 Å². The van der Waals surface area contributed by atoms with Gasteiger partial charge in [-0.15, -0.1) is 0 Å². The molecule has 1 saturated heterocycles. The summed E-state index contributed by atoms with van der Waals surface area (Å²) in [5.41, 5.74) is 2.03. The summed E-state index contributed by atoms with van der Waals surface area (Å²) < 4.78 is 46.9. The highest BCUT2D eigenvalue weighted by Gasteiger charge is 2.47. The number of hydrogen-bond acceptors (Lipinski definition) is 5. The van der Waals surface area contributed by atoms with Crippen molar-refractivity contribution in [3.05, 3.63) is 53.1 Å². The van der Waals surface area contributed by atoms with Gasteiger partial charge in [-0.25, -0.2) is 4.98 Å². The molecular weight excluding hydrogens is 449 g/mol. The fraction of sp³-hybridized carbons (Fsp3) is 0.583. The van der Waals surface area contributed by atoms with E-state index in [-0.39, 0.29) is 37.7 Å². The number of methoxy groups -OCH3 is 1. The average molecular weight is 479 g/mol. The predicted molar refractivity (Wildman–Crippen MR) is 117 cm³/mol. The molecule has 3 aliphatic rings. The number of nitrogens with zero attached hydrogens (tertiary/aromatic N) is 3. The third-order valence-corrected chi connectivity index (χ3v) is 7.61. The number of piperidine rings is 1. The third kappa shape index (κ3) is 4.12. The van der Waals surface area contributed by atoms with E-state index in [0.29, 0.717) is 31.8 Å². The number of hydrogen-bond donors (Lipinski definition) is 2. The van der Waals surface area contributed by atoms with E-state index in [2.05, 4.69) is 22.4 Å². The lowest BCUT2D eigenvalue weighted by Crippen LogP contribution is -2.65. The lowest BCUT2D eigenvalue weighted by molar-refractivity contribution is -0.184. The van der Waals surface area contributed by atoms with Gasteiger partial charge in [-0.3, -0.25) is 4.79 Å². The van der Waals surface area contributed by atoms with Gasteiger partial charge in [0.05, 0.1) is 24.2 Å². The Kier molecular flexibility index (Phi) is 5.94. The van der Waals surface area contributed by atoms with Crippen LogP contribution in [0.5, 0.6) is 0 Å². The summed E-state index contributed by atoms with van der Waals surface area (Å²) in [4.78, 5) is 19.2. The molecule has 2 aromatic rings. The van der Waals surface area contributed by atoms with Crippen molar-refractivity contribution in [2.24, 2.45) is 5.92 Å². The monoisotopic (exact) mass is 478 g/mol. The van der Waals surface area contributed by atoms with Crippen molar-refractivity contribution in [3.63, 3.8) is 0 Å². The zero-order valence-corrected chi connectivity index (χ0v) is 19.0. The molecule has 2 N–H and O–H groups in total. The minimum atomic E-state index is -4.32. The number of ether oxygens (including phenoxy) is 1. The molecule has 184 valence electrons. The smallest absolute Gasteiger partial charge is 0.389 e. The van der Waals surface area contributed by atoms with Crippen LogP contribution in [0.4, 0.5) is 13.2 Å². The fourth-order valence-electron chi connectivity index (χ4n) is 5.66. The topological polar surface area (TPSA) is 79.6 Å². The average Bonchev–Trinajstić information content (AvgIpc) is 3.25. The Morgan fingerprint density at radius 2 is 2.06 bits per heavy atom. The van der Waals surface area contributed by atoms with E-state index in [1.807, 2.05) is 12.1 Å². The van der Waals surface area contributed by atoms with Crippen molar-refractivity contribution in [2.45, 2.75) is 56.1 Å². The van der Waals surface area contributed by atoms with Gasteiger partial charge >= 0.3 is 6.18 Å². The molecule has 5 rings (SSSR count). The number of aromatic nitrogens is 2. The van der Waals surface area contributed by atoms with Crippen LogP contribution in [0.3, 0.4) is 0 Å². The lowest BCUT2D eigenvalue weighted by atomic mass is 9.76. The molecule has 1 fully saturated rings. The number of aliphatic hydroxyl groups is 1. The Labute approximate surface area is 195 Å². The molecule has 1 aromatic carbocycles. The number of alkyl halides is 3. The fourth-order valence-corrected chi connectivity index (χ4v) is 5.66. The Balaban J connectivity index is 1.32. The second-order valence-corrected chi connectivity index (χ2v) is 9.74. The SMILES string of the molecule is COCC1CC(C(F)(F)F)Cn2cc(C(=O)N3CC[C@]4(Cc5ccccc5CN4)[C@H](O)C3)nc21. The van der Waals surface area contributed by atoms with Gasteiger partial charge in [-0.2, -0.15) is 13.2 Å². The molecule has 10 heteroatoms. The molecular formula is C24H29F3N4O3. The van der Waals surface area contributed by atoms with Crippen LogP contribution < -0.4 is 5.32 Å². The van der Waals surface area contributed by atoms with E-state index < -0.39 is 29.7 Å². The minimum Gasteiger partial charge on any atom is -0.389 e. The van der Waals surface area contributed by atoms with Gasteiger partial charge in [-0.05, 0) is 30.4 Å². The standard InChI is InChI=1S/C24H29F3N4O3/c1-34-14-17-8-18(24(25,26)27)11-31-12-19(29-21(17)31)22(33)30-7-6-23(20(32)13-30)9-15-4-2-3-5-16(15)10-28-23/h2-5,12,17-18,20,28,32H,6-11,13-14H2,1H3/t17?,18?,20-,23+/m1/s1. The second-order valence-electron chi connectivity index (χ2n) is 9.74. The first kappa shape index (κ1) is 23.3. The molecule has 1 spiro atoms. The third-order valence-electron chi connectivity index (χ3n) is 7.61. The number of likely N-dealkylation sites (tertiary alicyclic amines) is 1. The zero-order chi connectivity index (χ0) is 24.1. The van der Waals surface area contributed by atoms with Crippen molar-refractivity contribution in [1.29, 1.82) is 0 Å². The number of nitrogens with one attached hydrogen (secondary N) is 1. The quantitative estimate of drug-likeness (QED) is 0.709. The molecule has 0 radical (unpaired) electrons. The van der Waals surface area contributed by atoms with Crippen LogP contribution in [-0.2, 0) is 24.2 Å². The molecule has 4 heterocycles. The highest BCUT2D eigenvalue weighted by molar-refractivity contribution is 5.92. The number of carbonyl (C=O) groups excluding carboxylic acids is 1. The van der Waals surface area contributed by atoms with Gasteiger partial charge in [0, 0.05) is 45.4 Å². The molecule has 2 unspecified atom stereocenters. The number of carbonyl (C=O) groups is 1. The van der Waals surface area contributed by atoms with Crippen molar-refractivity contribution in [1.82, 2.24) is 19.8 Å². The number of halogens is 3. The number of benzene rings is 1. The maximum Gasteiger partial charge on any atom is 0.393 e. The Morgan fingerprint density at radius 3 is 2.76 bits per heavy atom. The predicted octanol–water partition coefficient (Wildman–Crippen LogP) is 2.49. The minimum absolute atomic E-state index is 0.106. The second kappa shape index (κ2) is 8.66. The summed E-state index contributed by atoms with van der Waals surface area (Å²) in [6.45, 7) is 1.09. The van der Waals surface area contributed by atoms with Crippen LogP contribution in [0.15, 0.2) is 30.5 Å². The van der Waals surface area contributed by atoms with Gasteiger partial charge in [0.15, 0.2) is 0 Å². The van der Waals surface area contributed by atoms with Crippen molar-refractivity contribution < 1.29 is 27.8 Å². The van der Waals surface area contributed by atoms with Crippen molar-refractivity contribution in [2.75, 3.05) is 26.8 Å². The number of amides is 1. The first-order valence-electron chi connectivity index (χ1n) is 11.6. The Bertz CT molecular complexity index is 1070. The van der Waals surface area contributed by atoms with Crippen molar-refractivity contribution in [3.8, 4) is 0 Å². The number of β-amino-alcohol motifs (C(OH)–C–C–N with tert-alkyl or cyclic N) is 1. The first-order valence-corrected chi connectivity index (χ1v) is 11.6.